The van der Waals surface area contributed by atoms with Gasteiger partial charge in [-0.3, -0.25) is 0 Å². The molecular formula is C29H36Cl2N2O2S2. The average molecular weight is 580 g/mol. The van der Waals surface area contributed by atoms with E-state index in [9.17, 15) is 5.11 Å². The zero-order valence-electron chi connectivity index (χ0n) is 21.2. The van der Waals surface area contributed by atoms with E-state index in [-0.39, 0.29) is 13.2 Å². The zero-order chi connectivity index (χ0) is 26.2. The van der Waals surface area contributed by atoms with Crippen LogP contribution in [0.25, 0.3) is 22.5 Å². The molecule has 0 atom stereocenters. The number of halogens is 2. The molecule has 37 heavy (non-hydrogen) atoms. The first-order valence-electron chi connectivity index (χ1n) is 12.0. The summed E-state index contributed by atoms with van der Waals surface area (Å²) in [5, 5.41) is 9.50. The van der Waals surface area contributed by atoms with Crippen LogP contribution in [0.15, 0.2) is 48.5 Å². The van der Waals surface area contributed by atoms with E-state index in [1.54, 1.807) is 23.5 Å². The van der Waals surface area contributed by atoms with Crippen LogP contribution in [0.1, 0.15) is 51.8 Å². The van der Waals surface area contributed by atoms with Crippen molar-refractivity contribution in [3.8, 4) is 34.0 Å². The maximum Gasteiger partial charge on any atom is 0.184 e. The van der Waals surface area contributed by atoms with Gasteiger partial charge in [0.2, 0.25) is 0 Å². The number of thiazole rings is 2. The summed E-state index contributed by atoms with van der Waals surface area (Å²) in [6.45, 7) is 11.4. The van der Waals surface area contributed by atoms with Crippen molar-refractivity contribution in [3.05, 3.63) is 67.2 Å². The van der Waals surface area contributed by atoms with E-state index in [1.807, 2.05) is 37.3 Å². The Kier molecular flexibility index (Phi) is 12.4. The number of hydrogen-bond acceptors (Lipinski definition) is 6. The number of ether oxygens (including phenoxy) is 1. The molecule has 2 aromatic carbocycles. The van der Waals surface area contributed by atoms with Crippen LogP contribution in [0.4, 0.5) is 0 Å². The highest BCUT2D eigenvalue weighted by molar-refractivity contribution is 7.16. The lowest BCUT2D eigenvalue weighted by atomic mass is 10.0. The van der Waals surface area contributed by atoms with Crippen LogP contribution in [-0.2, 0) is 12.8 Å². The summed E-state index contributed by atoms with van der Waals surface area (Å²) < 4.78 is 6.70. The number of benzene rings is 2. The minimum absolute atomic E-state index is 0. The van der Waals surface area contributed by atoms with E-state index >= 15 is 0 Å². The van der Waals surface area contributed by atoms with Crippen LogP contribution in [-0.4, -0.2) is 21.7 Å². The molecule has 1 N–H and O–H groups in total. The molecule has 0 fully saturated rings. The molecule has 0 radical (unpaired) electrons. The van der Waals surface area contributed by atoms with Crippen LogP contribution in [0.3, 0.4) is 0 Å². The molecule has 4 aromatic rings. The van der Waals surface area contributed by atoms with Gasteiger partial charge >= 0.3 is 0 Å². The number of phenolic OH excluding ortho intramolecular Hbond substituents is 1. The molecule has 0 spiro atoms. The molecule has 0 saturated carbocycles. The molecule has 8 heteroatoms. The normalized spacial score (nSPS) is 10.7. The van der Waals surface area contributed by atoms with Crippen molar-refractivity contribution in [2.24, 2.45) is 11.8 Å². The van der Waals surface area contributed by atoms with Crippen molar-refractivity contribution in [3.63, 3.8) is 0 Å². The minimum Gasteiger partial charge on any atom is -0.508 e. The lowest BCUT2D eigenvalue weighted by Gasteiger charge is -2.07. The van der Waals surface area contributed by atoms with Crippen molar-refractivity contribution in [2.75, 3.05) is 6.61 Å². The Labute approximate surface area is 239 Å². The van der Waals surface area contributed by atoms with Crippen molar-refractivity contribution < 1.29 is 9.84 Å². The average Bonchev–Trinajstić information content (AvgIpc) is 3.35. The number of nitrogens with zero attached hydrogens (tertiary/aromatic N) is 2. The molecule has 200 valence electrons. The van der Waals surface area contributed by atoms with Crippen LogP contribution in [0, 0.1) is 11.8 Å². The molecule has 0 bridgehead atoms. The van der Waals surface area contributed by atoms with Crippen LogP contribution in [0.2, 0.25) is 8.93 Å². The van der Waals surface area contributed by atoms with E-state index in [0.717, 1.165) is 41.1 Å². The van der Waals surface area contributed by atoms with Gasteiger partial charge in [0.25, 0.3) is 0 Å². The molecule has 4 rings (SSSR count). The van der Waals surface area contributed by atoms with Crippen molar-refractivity contribution in [1.82, 2.24) is 9.97 Å². The summed E-state index contributed by atoms with van der Waals surface area (Å²) in [6, 6.07) is 15.2. The Morgan fingerprint density at radius 3 is 1.76 bits per heavy atom. The first-order chi connectivity index (χ1) is 17.2. The predicted molar refractivity (Wildman–Crippen MR) is 162 cm³/mol. The summed E-state index contributed by atoms with van der Waals surface area (Å²) in [5.74, 6) is 2.27. The van der Waals surface area contributed by atoms with E-state index in [0.29, 0.717) is 27.4 Å². The number of phenols is 1. The van der Waals surface area contributed by atoms with Gasteiger partial charge in [0.15, 0.2) is 8.93 Å². The summed E-state index contributed by atoms with van der Waals surface area (Å²) in [6.07, 6.45) is 1.95. The van der Waals surface area contributed by atoms with Crippen molar-refractivity contribution >= 4 is 45.9 Å². The lowest BCUT2D eigenvalue weighted by Crippen LogP contribution is -1.95. The minimum atomic E-state index is 0. The Morgan fingerprint density at radius 2 is 1.30 bits per heavy atom. The first kappa shape index (κ1) is 31.1. The first-order valence-corrected chi connectivity index (χ1v) is 14.4. The number of aromatic nitrogens is 2. The van der Waals surface area contributed by atoms with Gasteiger partial charge in [-0.25, -0.2) is 9.97 Å². The third-order valence-corrected chi connectivity index (χ3v) is 7.43. The summed E-state index contributed by atoms with van der Waals surface area (Å²) in [4.78, 5) is 11.2. The summed E-state index contributed by atoms with van der Waals surface area (Å²) in [7, 11) is 0. The number of aromatic hydroxyl groups is 1. The fourth-order valence-corrected chi connectivity index (χ4v) is 6.43. The molecule has 0 amide bonds. The molecule has 0 aliphatic carbocycles. The van der Waals surface area contributed by atoms with E-state index in [2.05, 4.69) is 43.7 Å². The van der Waals surface area contributed by atoms with Crippen molar-refractivity contribution in [2.45, 2.75) is 54.9 Å². The van der Waals surface area contributed by atoms with Gasteiger partial charge in [0.05, 0.1) is 18.0 Å². The van der Waals surface area contributed by atoms with Gasteiger partial charge in [0.1, 0.15) is 11.5 Å². The third-order valence-electron chi connectivity index (χ3n) is 5.07. The zero-order valence-corrected chi connectivity index (χ0v) is 24.4. The second-order valence-corrected chi connectivity index (χ2v) is 12.5. The topological polar surface area (TPSA) is 55.2 Å². The van der Waals surface area contributed by atoms with Crippen molar-refractivity contribution in [1.29, 1.82) is 0 Å². The maximum absolute atomic E-state index is 9.50. The second-order valence-electron chi connectivity index (χ2n) is 9.18. The van der Waals surface area contributed by atoms with E-state index in [4.69, 9.17) is 27.9 Å². The van der Waals surface area contributed by atoms with Crippen LogP contribution in [0.5, 0.6) is 11.5 Å². The SMILES string of the molecule is C.CC(C)Cc1sc(Cl)nc1-c1cccc(O)c1.CCOc1cccc(-c2nc(Cl)sc2CC(C)C)c1. The molecule has 0 aliphatic rings. The monoisotopic (exact) mass is 578 g/mol. The highest BCUT2D eigenvalue weighted by Gasteiger charge is 2.15. The number of rotatable bonds is 8. The Bertz CT molecular complexity index is 1270. The standard InChI is InChI=1S/C15H18ClNOS.C13H14ClNOS.CH4/c1-4-18-12-7-5-6-11(9-12)14-13(8-10(2)3)19-15(16)17-14;1-8(2)6-11-12(15-13(14)17-11)9-4-3-5-10(16)7-9;/h5-7,9-10H,4,8H2,1-3H3;3-5,7-8,16H,6H2,1-2H3;1H4. The summed E-state index contributed by atoms with van der Waals surface area (Å²) in [5.41, 5.74) is 3.88. The highest BCUT2D eigenvalue weighted by Crippen LogP contribution is 2.35. The predicted octanol–water partition coefficient (Wildman–Crippen LogP) is 10.1. The Balaban J connectivity index is 0.000000255. The highest BCUT2D eigenvalue weighted by atomic mass is 35.5. The van der Waals surface area contributed by atoms with E-state index < -0.39 is 0 Å². The molecule has 4 nitrogen and oxygen atoms in total. The molecule has 0 aliphatic heterocycles. The molecule has 2 aromatic heterocycles. The fraction of sp³-hybridized carbons (Fsp3) is 0.379. The molecule has 0 saturated heterocycles. The largest absolute Gasteiger partial charge is 0.508 e. The fourth-order valence-electron chi connectivity index (χ4n) is 3.67. The quantitative estimate of drug-likeness (QED) is 0.226. The van der Waals surface area contributed by atoms with Crippen LogP contribution < -0.4 is 4.74 Å². The molecular weight excluding hydrogens is 543 g/mol. The Hall–Kier alpha value is -2.12. The van der Waals surface area contributed by atoms with Gasteiger partial charge in [-0.1, -0.05) is 82.6 Å². The second kappa shape index (κ2) is 14.7. The lowest BCUT2D eigenvalue weighted by molar-refractivity contribution is 0.340. The van der Waals surface area contributed by atoms with Gasteiger partial charge < -0.3 is 9.84 Å². The van der Waals surface area contributed by atoms with Crippen LogP contribution >= 0.6 is 45.9 Å². The Morgan fingerprint density at radius 1 is 0.811 bits per heavy atom. The molecule has 2 heterocycles. The molecule has 0 unspecified atom stereocenters. The summed E-state index contributed by atoms with van der Waals surface area (Å²) >= 11 is 15.1. The van der Waals surface area contributed by atoms with Gasteiger partial charge in [0, 0.05) is 20.9 Å². The smallest absolute Gasteiger partial charge is 0.184 e. The third kappa shape index (κ3) is 9.29. The van der Waals surface area contributed by atoms with Gasteiger partial charge in [-0.15, -0.1) is 22.7 Å². The number of hydrogen-bond donors (Lipinski definition) is 1. The van der Waals surface area contributed by atoms with Gasteiger partial charge in [-0.2, -0.15) is 0 Å². The van der Waals surface area contributed by atoms with E-state index in [1.165, 1.54) is 21.1 Å². The van der Waals surface area contributed by atoms with Gasteiger partial charge in [-0.05, 0) is 55.9 Å². The maximum atomic E-state index is 9.50.